The van der Waals surface area contributed by atoms with Crippen LogP contribution in [0.15, 0.2) is 0 Å². The predicted molar refractivity (Wildman–Crippen MR) is 52.0 cm³/mol. The molecule has 0 amide bonds. The molecule has 0 saturated carbocycles. The summed E-state index contributed by atoms with van der Waals surface area (Å²) >= 11 is 0. The minimum Gasteiger partial charge on any atom is -0.356 e. The topological polar surface area (TPSA) is 75.4 Å². The van der Waals surface area contributed by atoms with E-state index in [2.05, 4.69) is 14.0 Å². The molecule has 6 heteroatoms. The molecule has 84 valence electrons. The van der Waals surface area contributed by atoms with Crippen molar-refractivity contribution in [3.8, 4) is 0 Å². The SMILES string of the molecule is CCOC[N+]1(C)CCCC1.O=[N+]([O-])[O-]. The van der Waals surface area contributed by atoms with Crippen LogP contribution in [0.25, 0.3) is 0 Å². The first-order chi connectivity index (χ1) is 6.50. The van der Waals surface area contributed by atoms with Crippen molar-refractivity contribution < 1.29 is 14.3 Å². The van der Waals surface area contributed by atoms with Gasteiger partial charge in [0.25, 0.3) is 0 Å². The van der Waals surface area contributed by atoms with Crippen molar-refractivity contribution in [1.29, 1.82) is 0 Å². The van der Waals surface area contributed by atoms with Gasteiger partial charge in [0.2, 0.25) is 0 Å². The first-order valence-corrected chi connectivity index (χ1v) is 4.73. The summed E-state index contributed by atoms with van der Waals surface area (Å²) in [6.45, 7) is 6.44. The number of rotatable bonds is 3. The van der Waals surface area contributed by atoms with Gasteiger partial charge in [0, 0.05) is 19.4 Å². The van der Waals surface area contributed by atoms with E-state index >= 15 is 0 Å². The number of quaternary nitrogens is 1. The molecule has 0 spiro atoms. The fourth-order valence-electron chi connectivity index (χ4n) is 1.54. The van der Waals surface area contributed by atoms with E-state index in [-0.39, 0.29) is 0 Å². The van der Waals surface area contributed by atoms with E-state index in [0.29, 0.717) is 0 Å². The number of nitrogens with zero attached hydrogens (tertiary/aromatic N) is 2. The van der Waals surface area contributed by atoms with Gasteiger partial charge in [-0.3, -0.25) is 0 Å². The van der Waals surface area contributed by atoms with Gasteiger partial charge in [0.15, 0.2) is 6.73 Å². The Morgan fingerprint density at radius 3 is 2.14 bits per heavy atom. The van der Waals surface area contributed by atoms with Gasteiger partial charge in [-0.05, 0) is 6.92 Å². The van der Waals surface area contributed by atoms with Crippen LogP contribution < -0.4 is 0 Å². The molecule has 14 heavy (non-hydrogen) atoms. The third-order valence-corrected chi connectivity index (χ3v) is 2.25. The number of likely N-dealkylation sites (tertiary alicyclic amines) is 1. The Balaban J connectivity index is 0.000000364. The second kappa shape index (κ2) is 6.56. The van der Waals surface area contributed by atoms with Crippen LogP contribution in [0, 0.1) is 15.3 Å². The van der Waals surface area contributed by atoms with Gasteiger partial charge >= 0.3 is 0 Å². The largest absolute Gasteiger partial charge is 0.356 e. The molecular formula is C8H18N2O4. The third-order valence-electron chi connectivity index (χ3n) is 2.25. The maximum absolute atomic E-state index is 8.25. The Bertz CT molecular complexity index is 165. The zero-order valence-corrected chi connectivity index (χ0v) is 8.77. The minimum absolute atomic E-state index is 0.855. The lowest BCUT2D eigenvalue weighted by molar-refractivity contribution is -0.916. The van der Waals surface area contributed by atoms with Crippen molar-refractivity contribution in [1.82, 2.24) is 0 Å². The van der Waals surface area contributed by atoms with Crippen LogP contribution in [0.5, 0.6) is 0 Å². The van der Waals surface area contributed by atoms with E-state index in [4.69, 9.17) is 20.1 Å². The standard InChI is InChI=1S/C8H18NO.NO3/c1-3-10-8-9(2)6-4-5-7-9;2-1(3)4/h3-8H2,1-2H3;/q+1;-1. The molecule has 1 saturated heterocycles. The molecule has 0 radical (unpaired) electrons. The summed E-state index contributed by atoms with van der Waals surface area (Å²) < 4.78 is 6.53. The molecular weight excluding hydrogens is 188 g/mol. The van der Waals surface area contributed by atoms with Crippen molar-refractivity contribution in [2.75, 3.05) is 33.5 Å². The molecule has 1 heterocycles. The molecule has 1 aliphatic heterocycles. The highest BCUT2D eigenvalue weighted by molar-refractivity contribution is 4.48. The quantitative estimate of drug-likeness (QED) is 0.392. The van der Waals surface area contributed by atoms with E-state index in [1.807, 2.05) is 0 Å². The normalized spacial score (nSPS) is 18.4. The zero-order chi connectivity index (χ0) is 11.0. The van der Waals surface area contributed by atoms with Gasteiger partial charge in [-0.1, -0.05) is 0 Å². The van der Waals surface area contributed by atoms with Crippen LogP contribution in [0.1, 0.15) is 19.8 Å². The Hall–Kier alpha value is -0.880. The van der Waals surface area contributed by atoms with Crippen LogP contribution in [-0.2, 0) is 4.74 Å². The van der Waals surface area contributed by atoms with Crippen LogP contribution in [0.3, 0.4) is 0 Å². The molecule has 0 aromatic heterocycles. The molecule has 0 atom stereocenters. The van der Waals surface area contributed by atoms with Gasteiger partial charge in [-0.2, -0.15) is 0 Å². The van der Waals surface area contributed by atoms with Gasteiger partial charge < -0.3 is 24.5 Å². The highest BCUT2D eigenvalue weighted by Crippen LogP contribution is 2.15. The smallest absolute Gasteiger partial charge is 0.182 e. The van der Waals surface area contributed by atoms with Crippen molar-refractivity contribution in [3.05, 3.63) is 15.3 Å². The molecule has 0 aromatic rings. The monoisotopic (exact) mass is 206 g/mol. The second-order valence-corrected chi connectivity index (χ2v) is 3.62. The molecule has 0 N–H and O–H groups in total. The van der Waals surface area contributed by atoms with Crippen LogP contribution in [-0.4, -0.2) is 43.0 Å². The summed E-state index contributed by atoms with van der Waals surface area (Å²) in [6, 6.07) is 0. The van der Waals surface area contributed by atoms with E-state index in [1.54, 1.807) is 0 Å². The average molecular weight is 206 g/mol. The second-order valence-electron chi connectivity index (χ2n) is 3.62. The van der Waals surface area contributed by atoms with Crippen molar-refractivity contribution in [2.45, 2.75) is 19.8 Å². The number of ether oxygens (including phenoxy) is 1. The van der Waals surface area contributed by atoms with Crippen molar-refractivity contribution in [3.63, 3.8) is 0 Å². The summed E-state index contributed by atoms with van der Waals surface area (Å²) in [5.41, 5.74) is 0. The molecule has 6 nitrogen and oxygen atoms in total. The van der Waals surface area contributed by atoms with E-state index < -0.39 is 5.09 Å². The zero-order valence-electron chi connectivity index (χ0n) is 8.77. The average Bonchev–Trinajstić information content (AvgIpc) is 2.48. The highest BCUT2D eigenvalue weighted by atomic mass is 16.9. The predicted octanol–water partition coefficient (Wildman–Crippen LogP) is 0.982. The Morgan fingerprint density at radius 1 is 1.36 bits per heavy atom. The Kier molecular flexibility index (Phi) is 6.14. The highest BCUT2D eigenvalue weighted by Gasteiger charge is 2.26. The van der Waals surface area contributed by atoms with E-state index in [9.17, 15) is 0 Å². The summed E-state index contributed by atoms with van der Waals surface area (Å²) in [5.74, 6) is 0. The summed E-state index contributed by atoms with van der Waals surface area (Å²) in [4.78, 5) is 8.25. The lowest BCUT2D eigenvalue weighted by atomic mass is 10.4. The van der Waals surface area contributed by atoms with Crippen LogP contribution >= 0.6 is 0 Å². The Labute approximate surface area is 83.8 Å². The fourth-order valence-corrected chi connectivity index (χ4v) is 1.54. The molecule has 0 aliphatic carbocycles. The molecule has 0 bridgehead atoms. The molecule has 1 rings (SSSR count). The maximum atomic E-state index is 8.25. The fraction of sp³-hybridized carbons (Fsp3) is 1.00. The summed E-state index contributed by atoms with van der Waals surface area (Å²) in [7, 11) is 2.28. The molecule has 0 aromatic carbocycles. The van der Waals surface area contributed by atoms with Crippen molar-refractivity contribution in [2.24, 2.45) is 0 Å². The van der Waals surface area contributed by atoms with Gasteiger partial charge in [0.1, 0.15) is 0 Å². The third kappa shape index (κ3) is 6.62. The number of hydrogen-bond donors (Lipinski definition) is 0. The minimum atomic E-state index is -1.75. The van der Waals surface area contributed by atoms with Gasteiger partial charge in [0.05, 0.1) is 25.2 Å². The van der Waals surface area contributed by atoms with E-state index in [0.717, 1.165) is 17.8 Å². The Morgan fingerprint density at radius 2 is 1.79 bits per heavy atom. The van der Waals surface area contributed by atoms with Gasteiger partial charge in [-0.15, -0.1) is 0 Å². The molecule has 0 unspecified atom stereocenters. The first-order valence-electron chi connectivity index (χ1n) is 4.73. The van der Waals surface area contributed by atoms with Gasteiger partial charge in [-0.25, -0.2) is 0 Å². The van der Waals surface area contributed by atoms with E-state index in [1.165, 1.54) is 25.9 Å². The molecule has 1 fully saturated rings. The molecule has 1 aliphatic rings. The first kappa shape index (κ1) is 13.1. The number of hydrogen-bond acceptors (Lipinski definition) is 4. The summed E-state index contributed by atoms with van der Waals surface area (Å²) in [5, 5.41) is 14.8. The van der Waals surface area contributed by atoms with Crippen LogP contribution in [0.4, 0.5) is 0 Å². The lowest BCUT2D eigenvalue weighted by Gasteiger charge is -2.27. The van der Waals surface area contributed by atoms with Crippen LogP contribution in [0.2, 0.25) is 0 Å². The lowest BCUT2D eigenvalue weighted by Crippen LogP contribution is -2.42. The van der Waals surface area contributed by atoms with Crippen molar-refractivity contribution >= 4 is 0 Å². The summed E-state index contributed by atoms with van der Waals surface area (Å²) in [6.07, 6.45) is 2.76. The maximum Gasteiger partial charge on any atom is 0.182 e.